The summed E-state index contributed by atoms with van der Waals surface area (Å²) in [5, 5.41) is 8.87. The molecule has 1 aliphatic heterocycles. The van der Waals surface area contributed by atoms with E-state index in [0.29, 0.717) is 0 Å². The lowest BCUT2D eigenvalue weighted by atomic mass is 10.3. The second-order valence-electron chi connectivity index (χ2n) is 5.46. The van der Waals surface area contributed by atoms with Crippen LogP contribution in [-0.4, -0.2) is 56.8 Å². The number of hydrogen-bond donors (Lipinski definition) is 2. The van der Waals surface area contributed by atoms with Gasteiger partial charge < -0.3 is 15.4 Å². The van der Waals surface area contributed by atoms with Gasteiger partial charge >= 0.3 is 0 Å². The molecule has 0 bridgehead atoms. The van der Waals surface area contributed by atoms with Crippen molar-refractivity contribution in [1.29, 1.82) is 0 Å². The highest BCUT2D eigenvalue weighted by Crippen LogP contribution is 2.16. The molecule has 5 nitrogen and oxygen atoms in total. The Morgan fingerprint density at radius 3 is 2.86 bits per heavy atom. The van der Waals surface area contributed by atoms with Gasteiger partial charge in [-0.15, -0.1) is 11.3 Å². The molecule has 0 aliphatic carbocycles. The molecule has 6 heteroatoms. The van der Waals surface area contributed by atoms with Gasteiger partial charge in [-0.05, 0) is 43.8 Å². The molecule has 0 atom stereocenters. The van der Waals surface area contributed by atoms with E-state index in [-0.39, 0.29) is 0 Å². The van der Waals surface area contributed by atoms with Crippen molar-refractivity contribution in [3.63, 3.8) is 0 Å². The molecule has 0 aromatic carbocycles. The Labute approximate surface area is 137 Å². The van der Waals surface area contributed by atoms with Gasteiger partial charge in [-0.1, -0.05) is 0 Å². The van der Waals surface area contributed by atoms with Gasteiger partial charge in [-0.25, -0.2) is 4.99 Å². The minimum absolute atomic E-state index is 0.752. The predicted molar refractivity (Wildman–Crippen MR) is 93.8 cm³/mol. The number of guanidine groups is 1. The third-order valence-corrected chi connectivity index (χ3v) is 4.75. The lowest BCUT2D eigenvalue weighted by molar-refractivity contribution is 0.0376. The Hall–Kier alpha value is -1.11. The maximum atomic E-state index is 5.37. The van der Waals surface area contributed by atoms with Crippen LogP contribution in [-0.2, 0) is 11.3 Å². The number of nitrogens with one attached hydrogen (secondary N) is 2. The normalized spacial score (nSPS) is 16.7. The van der Waals surface area contributed by atoms with Crippen LogP contribution in [0.2, 0.25) is 0 Å². The van der Waals surface area contributed by atoms with Crippen LogP contribution in [0.25, 0.3) is 0 Å². The van der Waals surface area contributed by atoms with E-state index in [1.807, 2.05) is 0 Å². The molecular weight excluding hydrogens is 296 g/mol. The number of rotatable bonds is 7. The molecule has 2 N–H and O–H groups in total. The molecule has 0 radical (unpaired) electrons. The number of ether oxygens (including phenoxy) is 1. The fourth-order valence-electron chi connectivity index (χ4n) is 2.39. The van der Waals surface area contributed by atoms with Crippen molar-refractivity contribution in [3.05, 3.63) is 21.9 Å². The van der Waals surface area contributed by atoms with Crippen LogP contribution in [0, 0.1) is 6.92 Å². The van der Waals surface area contributed by atoms with Crippen LogP contribution in [0.1, 0.15) is 23.8 Å². The first kappa shape index (κ1) is 17.2. The zero-order chi connectivity index (χ0) is 15.6. The summed E-state index contributed by atoms with van der Waals surface area (Å²) in [6, 6.07) is 2.15. The number of aliphatic imine (C=N–C) groups is 1. The van der Waals surface area contributed by atoms with Crippen molar-refractivity contribution >= 4 is 17.3 Å². The highest BCUT2D eigenvalue weighted by atomic mass is 32.1. The van der Waals surface area contributed by atoms with Crippen LogP contribution >= 0.6 is 11.3 Å². The largest absolute Gasteiger partial charge is 0.379 e. The Kier molecular flexibility index (Phi) is 7.70. The molecule has 1 aliphatic rings. The van der Waals surface area contributed by atoms with Gasteiger partial charge in [0, 0.05) is 31.1 Å². The van der Waals surface area contributed by atoms with Crippen molar-refractivity contribution in [3.8, 4) is 0 Å². The first-order valence-corrected chi connectivity index (χ1v) is 9.03. The molecule has 124 valence electrons. The summed E-state index contributed by atoms with van der Waals surface area (Å²) in [6.07, 6.45) is 1.13. The summed E-state index contributed by atoms with van der Waals surface area (Å²) in [4.78, 5) is 8.47. The van der Waals surface area contributed by atoms with Gasteiger partial charge in [0.05, 0.1) is 19.8 Å². The molecular formula is C16H28N4OS. The molecule has 2 heterocycles. The maximum Gasteiger partial charge on any atom is 0.191 e. The fourth-order valence-corrected chi connectivity index (χ4v) is 3.22. The highest BCUT2D eigenvalue weighted by Gasteiger charge is 2.09. The van der Waals surface area contributed by atoms with Gasteiger partial charge in [0.25, 0.3) is 0 Å². The topological polar surface area (TPSA) is 48.9 Å². The summed E-state index contributed by atoms with van der Waals surface area (Å²) in [7, 11) is 0. The second-order valence-corrected chi connectivity index (χ2v) is 6.46. The first-order chi connectivity index (χ1) is 10.8. The molecule has 0 spiro atoms. The van der Waals surface area contributed by atoms with Gasteiger partial charge in [0.1, 0.15) is 0 Å². The van der Waals surface area contributed by atoms with E-state index >= 15 is 0 Å². The Balaban J connectivity index is 1.70. The van der Waals surface area contributed by atoms with Gasteiger partial charge in [0.2, 0.25) is 0 Å². The summed E-state index contributed by atoms with van der Waals surface area (Å²) in [5.74, 6) is 0.914. The molecule has 0 unspecified atom stereocenters. The van der Waals surface area contributed by atoms with Crippen LogP contribution in [0.5, 0.6) is 0 Å². The van der Waals surface area contributed by atoms with Crippen LogP contribution in [0.3, 0.4) is 0 Å². The zero-order valence-electron chi connectivity index (χ0n) is 13.7. The highest BCUT2D eigenvalue weighted by molar-refractivity contribution is 7.10. The van der Waals surface area contributed by atoms with Crippen molar-refractivity contribution < 1.29 is 4.74 Å². The quantitative estimate of drug-likeness (QED) is 0.456. The first-order valence-electron chi connectivity index (χ1n) is 8.15. The molecule has 2 rings (SSSR count). The molecule has 1 saturated heterocycles. The van der Waals surface area contributed by atoms with Crippen LogP contribution < -0.4 is 10.6 Å². The zero-order valence-corrected chi connectivity index (χ0v) is 14.5. The molecule has 0 saturated carbocycles. The van der Waals surface area contributed by atoms with Gasteiger partial charge in [-0.2, -0.15) is 0 Å². The van der Waals surface area contributed by atoms with Gasteiger partial charge in [-0.3, -0.25) is 4.90 Å². The van der Waals surface area contributed by atoms with E-state index in [9.17, 15) is 0 Å². The Morgan fingerprint density at radius 1 is 1.36 bits per heavy atom. The minimum atomic E-state index is 0.752. The monoisotopic (exact) mass is 324 g/mol. The number of morpholine rings is 1. The van der Waals surface area contributed by atoms with Crippen molar-refractivity contribution in [2.45, 2.75) is 26.8 Å². The van der Waals surface area contributed by atoms with E-state index in [1.165, 1.54) is 10.4 Å². The van der Waals surface area contributed by atoms with Crippen LogP contribution in [0.15, 0.2) is 16.4 Å². The summed E-state index contributed by atoms with van der Waals surface area (Å²) in [6.45, 7) is 11.8. The average molecular weight is 324 g/mol. The average Bonchev–Trinajstić information content (AvgIpc) is 2.95. The second kappa shape index (κ2) is 9.82. The Morgan fingerprint density at radius 2 is 2.18 bits per heavy atom. The van der Waals surface area contributed by atoms with E-state index in [1.54, 1.807) is 11.3 Å². The van der Waals surface area contributed by atoms with E-state index in [4.69, 9.17) is 4.74 Å². The molecule has 1 aromatic heterocycles. The smallest absolute Gasteiger partial charge is 0.191 e. The summed E-state index contributed by atoms with van der Waals surface area (Å²) >= 11 is 1.78. The summed E-state index contributed by atoms with van der Waals surface area (Å²) in [5.41, 5.74) is 1.33. The number of nitrogens with zero attached hydrogens (tertiary/aromatic N) is 2. The van der Waals surface area contributed by atoms with E-state index < -0.39 is 0 Å². The molecule has 1 aromatic rings. The Bertz CT molecular complexity index is 455. The standard InChI is InChI=1S/C16H28N4OS/c1-3-17-16(19-13-15-14(2)5-12-22-15)18-6-4-7-20-8-10-21-11-9-20/h5,12H,3-4,6-11,13H2,1-2H3,(H2,17,18,19). The number of hydrogen-bond acceptors (Lipinski definition) is 4. The molecule has 1 fully saturated rings. The van der Waals surface area contributed by atoms with Gasteiger partial charge in [0.15, 0.2) is 5.96 Å². The summed E-state index contributed by atoms with van der Waals surface area (Å²) < 4.78 is 5.37. The lowest BCUT2D eigenvalue weighted by Gasteiger charge is -2.26. The maximum absolute atomic E-state index is 5.37. The van der Waals surface area contributed by atoms with E-state index in [2.05, 4.69) is 45.8 Å². The minimum Gasteiger partial charge on any atom is -0.379 e. The lowest BCUT2D eigenvalue weighted by Crippen LogP contribution is -2.40. The number of thiophene rings is 1. The van der Waals surface area contributed by atoms with E-state index in [0.717, 1.165) is 64.9 Å². The molecule has 0 amide bonds. The molecule has 22 heavy (non-hydrogen) atoms. The SMILES string of the molecule is CCNC(=NCc1sccc1C)NCCCN1CCOCC1. The third kappa shape index (κ3) is 5.94. The van der Waals surface area contributed by atoms with Crippen molar-refractivity contribution in [2.75, 3.05) is 45.9 Å². The third-order valence-electron chi connectivity index (χ3n) is 3.74. The number of aryl methyl sites for hydroxylation is 1. The fraction of sp³-hybridized carbons (Fsp3) is 0.688. The predicted octanol–water partition coefficient (Wildman–Crippen LogP) is 1.83. The van der Waals surface area contributed by atoms with Crippen LogP contribution in [0.4, 0.5) is 0 Å². The van der Waals surface area contributed by atoms with Crippen molar-refractivity contribution in [2.24, 2.45) is 4.99 Å². The van der Waals surface area contributed by atoms with Crippen molar-refractivity contribution in [1.82, 2.24) is 15.5 Å².